The van der Waals surface area contributed by atoms with Gasteiger partial charge in [0.05, 0.1) is 6.54 Å². The second kappa shape index (κ2) is 10.7. The van der Waals surface area contributed by atoms with Crippen molar-refractivity contribution >= 4 is 30.7 Å². The molecule has 21 heavy (non-hydrogen) atoms. The number of nitrogens with one attached hydrogen (secondary N) is 1. The van der Waals surface area contributed by atoms with E-state index in [1.807, 2.05) is 11.9 Å². The zero-order valence-corrected chi connectivity index (χ0v) is 15.0. The first-order chi connectivity index (χ1) is 9.16. The molecule has 1 N–H and O–H groups in total. The second-order valence-corrected chi connectivity index (χ2v) is 6.31. The number of halogens is 2. The van der Waals surface area contributed by atoms with Crippen molar-refractivity contribution in [2.75, 3.05) is 40.3 Å². The maximum absolute atomic E-state index is 11.9. The minimum Gasteiger partial charge on any atom is -0.345 e. The molecule has 4 nitrogen and oxygen atoms in total. The standard InChI is InChI=1S/C15H29N3O.2ClH/c1-17-9-4-3-5-14(17)8-10-18(2)15(19)12-16-11-13-6-7-13;;/h13-14,16H,3-12H2,1-2H3;2*1H. The first-order valence-corrected chi connectivity index (χ1v) is 7.81. The average Bonchev–Trinajstić information content (AvgIpc) is 3.21. The summed E-state index contributed by atoms with van der Waals surface area (Å²) in [5.74, 6) is 1.08. The van der Waals surface area contributed by atoms with Gasteiger partial charge in [-0.05, 0) is 58.2 Å². The summed E-state index contributed by atoms with van der Waals surface area (Å²) in [7, 11) is 4.15. The number of rotatable bonds is 7. The van der Waals surface area contributed by atoms with E-state index in [0.29, 0.717) is 12.6 Å². The van der Waals surface area contributed by atoms with Gasteiger partial charge in [0, 0.05) is 19.6 Å². The van der Waals surface area contributed by atoms with Crippen molar-refractivity contribution in [1.82, 2.24) is 15.1 Å². The lowest BCUT2D eigenvalue weighted by Crippen LogP contribution is -2.41. The molecule has 0 aromatic carbocycles. The van der Waals surface area contributed by atoms with Gasteiger partial charge in [-0.15, -0.1) is 24.8 Å². The van der Waals surface area contributed by atoms with Crippen LogP contribution in [0.5, 0.6) is 0 Å². The summed E-state index contributed by atoms with van der Waals surface area (Å²) >= 11 is 0. The van der Waals surface area contributed by atoms with E-state index < -0.39 is 0 Å². The summed E-state index contributed by atoms with van der Waals surface area (Å²) in [5.41, 5.74) is 0. The topological polar surface area (TPSA) is 35.6 Å². The van der Waals surface area contributed by atoms with E-state index in [1.165, 1.54) is 38.6 Å². The normalized spacial score (nSPS) is 22.1. The number of likely N-dealkylation sites (tertiary alicyclic amines) is 1. The number of amides is 1. The molecule has 1 saturated carbocycles. The van der Waals surface area contributed by atoms with E-state index in [-0.39, 0.29) is 30.7 Å². The largest absolute Gasteiger partial charge is 0.345 e. The van der Waals surface area contributed by atoms with Crippen LogP contribution in [0.3, 0.4) is 0 Å². The highest BCUT2D eigenvalue weighted by molar-refractivity contribution is 5.85. The van der Waals surface area contributed by atoms with Crippen LogP contribution in [-0.2, 0) is 4.79 Å². The van der Waals surface area contributed by atoms with E-state index in [1.54, 1.807) is 0 Å². The van der Waals surface area contributed by atoms with E-state index >= 15 is 0 Å². The molecule has 1 atom stereocenters. The summed E-state index contributed by atoms with van der Waals surface area (Å²) < 4.78 is 0. The molecule has 2 aliphatic rings. The highest BCUT2D eigenvalue weighted by Crippen LogP contribution is 2.27. The van der Waals surface area contributed by atoms with Gasteiger partial charge in [0.25, 0.3) is 0 Å². The molecule has 1 unspecified atom stereocenters. The lowest BCUT2D eigenvalue weighted by atomic mass is 10.00. The van der Waals surface area contributed by atoms with E-state index in [4.69, 9.17) is 0 Å². The van der Waals surface area contributed by atoms with Crippen LogP contribution in [-0.4, -0.2) is 62.0 Å². The zero-order valence-electron chi connectivity index (χ0n) is 13.3. The first kappa shape index (κ1) is 21.0. The molecule has 1 amide bonds. The molecule has 6 heteroatoms. The minimum atomic E-state index is 0. The van der Waals surface area contributed by atoms with Crippen LogP contribution in [0, 0.1) is 5.92 Å². The van der Waals surface area contributed by atoms with Crippen molar-refractivity contribution in [3.63, 3.8) is 0 Å². The molecule has 0 spiro atoms. The summed E-state index contributed by atoms with van der Waals surface area (Å²) in [4.78, 5) is 16.3. The van der Waals surface area contributed by atoms with E-state index in [2.05, 4.69) is 17.3 Å². The third-order valence-electron chi connectivity index (χ3n) is 4.55. The predicted octanol–water partition coefficient (Wildman–Crippen LogP) is 2.16. The summed E-state index contributed by atoms with van der Waals surface area (Å²) in [6, 6.07) is 0.670. The van der Waals surface area contributed by atoms with Crippen molar-refractivity contribution in [2.24, 2.45) is 5.92 Å². The smallest absolute Gasteiger partial charge is 0.236 e. The Morgan fingerprint density at radius 3 is 2.57 bits per heavy atom. The first-order valence-electron chi connectivity index (χ1n) is 7.81. The van der Waals surface area contributed by atoms with Gasteiger partial charge in [-0.2, -0.15) is 0 Å². The summed E-state index contributed by atoms with van der Waals surface area (Å²) in [6.07, 6.45) is 7.75. The molecule has 0 aromatic rings. The Hall–Kier alpha value is -0.0300. The molecule has 1 heterocycles. The van der Waals surface area contributed by atoms with Crippen LogP contribution in [0.2, 0.25) is 0 Å². The Bertz CT molecular complexity index is 301. The van der Waals surface area contributed by atoms with Crippen LogP contribution in [0.1, 0.15) is 38.5 Å². The molecule has 0 aromatic heterocycles. The number of carbonyl (C=O) groups is 1. The van der Waals surface area contributed by atoms with Crippen molar-refractivity contribution in [3.05, 3.63) is 0 Å². The van der Waals surface area contributed by atoms with Gasteiger partial charge < -0.3 is 15.1 Å². The highest BCUT2D eigenvalue weighted by Gasteiger charge is 2.22. The molecule has 1 aliphatic heterocycles. The summed E-state index contributed by atoms with van der Waals surface area (Å²) in [5, 5.41) is 3.27. The Morgan fingerprint density at radius 2 is 1.95 bits per heavy atom. The van der Waals surface area contributed by atoms with Crippen molar-refractivity contribution < 1.29 is 4.79 Å². The van der Waals surface area contributed by atoms with Crippen LogP contribution < -0.4 is 5.32 Å². The number of likely N-dealkylation sites (N-methyl/N-ethyl adjacent to an activating group) is 1. The number of nitrogens with zero attached hydrogens (tertiary/aromatic N) is 2. The number of carbonyl (C=O) groups excluding carboxylic acids is 1. The fourth-order valence-electron chi connectivity index (χ4n) is 2.82. The Kier molecular flexibility index (Phi) is 10.6. The number of hydrogen-bond acceptors (Lipinski definition) is 3. The van der Waals surface area contributed by atoms with Crippen molar-refractivity contribution in [3.8, 4) is 0 Å². The Balaban J connectivity index is 0.00000200. The van der Waals surface area contributed by atoms with E-state index in [0.717, 1.165) is 25.4 Å². The van der Waals surface area contributed by atoms with Crippen LogP contribution in [0.15, 0.2) is 0 Å². The molecule has 1 saturated heterocycles. The van der Waals surface area contributed by atoms with Gasteiger partial charge in [0.15, 0.2) is 0 Å². The van der Waals surface area contributed by atoms with Gasteiger partial charge in [-0.25, -0.2) is 0 Å². The van der Waals surface area contributed by atoms with Gasteiger partial charge in [0.2, 0.25) is 5.91 Å². The molecule has 2 rings (SSSR count). The van der Waals surface area contributed by atoms with Crippen LogP contribution in [0.25, 0.3) is 0 Å². The lowest BCUT2D eigenvalue weighted by Gasteiger charge is -2.33. The third kappa shape index (κ3) is 7.68. The number of piperidine rings is 1. The SMILES string of the molecule is CN(CCC1CCCCN1C)C(=O)CNCC1CC1.Cl.Cl. The van der Waals surface area contributed by atoms with Gasteiger partial charge in [0.1, 0.15) is 0 Å². The van der Waals surface area contributed by atoms with Crippen LogP contribution >= 0.6 is 24.8 Å². The molecule has 1 aliphatic carbocycles. The van der Waals surface area contributed by atoms with Gasteiger partial charge in [-0.1, -0.05) is 6.42 Å². The molecule has 0 bridgehead atoms. The molecule has 126 valence electrons. The average molecular weight is 340 g/mol. The maximum atomic E-state index is 11.9. The monoisotopic (exact) mass is 339 g/mol. The molecule has 2 fully saturated rings. The van der Waals surface area contributed by atoms with Crippen molar-refractivity contribution in [2.45, 2.75) is 44.6 Å². The Morgan fingerprint density at radius 1 is 1.24 bits per heavy atom. The summed E-state index contributed by atoms with van der Waals surface area (Å²) in [6.45, 7) is 3.63. The quantitative estimate of drug-likeness (QED) is 0.772. The molecule has 0 radical (unpaired) electrons. The zero-order chi connectivity index (χ0) is 13.7. The molecular weight excluding hydrogens is 309 g/mol. The van der Waals surface area contributed by atoms with Gasteiger partial charge in [-0.3, -0.25) is 4.79 Å². The van der Waals surface area contributed by atoms with Crippen LogP contribution in [0.4, 0.5) is 0 Å². The number of hydrogen-bond donors (Lipinski definition) is 1. The van der Waals surface area contributed by atoms with Gasteiger partial charge >= 0.3 is 0 Å². The van der Waals surface area contributed by atoms with E-state index in [9.17, 15) is 4.79 Å². The Labute approximate surface area is 141 Å². The fourth-order valence-corrected chi connectivity index (χ4v) is 2.82. The predicted molar refractivity (Wildman–Crippen MR) is 92.6 cm³/mol. The maximum Gasteiger partial charge on any atom is 0.236 e. The second-order valence-electron chi connectivity index (χ2n) is 6.31. The third-order valence-corrected chi connectivity index (χ3v) is 4.55. The molecular formula is C15H31Cl2N3O. The minimum absolute atomic E-state index is 0. The fraction of sp³-hybridized carbons (Fsp3) is 0.933. The highest BCUT2D eigenvalue weighted by atomic mass is 35.5. The lowest BCUT2D eigenvalue weighted by molar-refractivity contribution is -0.129. The van der Waals surface area contributed by atoms with Crippen molar-refractivity contribution in [1.29, 1.82) is 0 Å².